The maximum Gasteiger partial charge on any atom is 0.252 e. The average Bonchev–Trinajstić information content (AvgIpc) is 3.52. The molecule has 2 heterocycles. The second kappa shape index (κ2) is 9.15. The first-order chi connectivity index (χ1) is 15.4. The molecule has 2 saturated carbocycles. The highest BCUT2D eigenvalue weighted by Gasteiger charge is 2.53. The molecular formula is C24H30FN3O2S2. The number of hydrogen-bond donors (Lipinski definition) is 2. The van der Waals surface area contributed by atoms with Crippen molar-refractivity contribution in [1.82, 2.24) is 14.3 Å². The van der Waals surface area contributed by atoms with Crippen molar-refractivity contribution in [2.75, 3.05) is 0 Å². The molecule has 3 unspecified atom stereocenters. The molecule has 0 saturated heterocycles. The number of hydrogen-bond acceptors (Lipinski definition) is 5. The predicted molar refractivity (Wildman–Crippen MR) is 131 cm³/mol. The van der Waals surface area contributed by atoms with Gasteiger partial charge in [-0.15, -0.1) is 15.2 Å². The number of rotatable bonds is 5. The zero-order valence-corrected chi connectivity index (χ0v) is 20.4. The predicted octanol–water partition coefficient (Wildman–Crippen LogP) is 6.38. The lowest BCUT2D eigenvalue weighted by molar-refractivity contribution is -0.0118. The Morgan fingerprint density at radius 1 is 1.38 bits per heavy atom. The monoisotopic (exact) mass is 475 g/mol. The zero-order valence-electron chi connectivity index (χ0n) is 18.7. The van der Waals surface area contributed by atoms with Gasteiger partial charge in [0.1, 0.15) is 0 Å². The number of amides is 1. The third-order valence-corrected chi connectivity index (χ3v) is 8.14. The topological polar surface area (TPSA) is 67.2 Å². The zero-order chi connectivity index (χ0) is 22.9. The van der Waals surface area contributed by atoms with Crippen LogP contribution in [-0.4, -0.2) is 31.1 Å². The Bertz CT molecular complexity index is 1100. The molecule has 0 aliphatic heterocycles. The molecule has 8 heteroatoms. The third kappa shape index (κ3) is 4.20. The van der Waals surface area contributed by atoms with Crippen molar-refractivity contribution in [1.29, 1.82) is 0 Å². The van der Waals surface area contributed by atoms with Crippen molar-refractivity contribution >= 4 is 40.5 Å². The van der Waals surface area contributed by atoms with Gasteiger partial charge in [0.25, 0.3) is 5.91 Å². The number of aliphatic hydroxyl groups is 1. The molecule has 2 N–H and O–H groups in total. The number of nitrogens with zero attached hydrogens (tertiary/aromatic N) is 2. The molecule has 5 nitrogen and oxygen atoms in total. The van der Waals surface area contributed by atoms with Crippen LogP contribution in [0.15, 0.2) is 36.1 Å². The maximum absolute atomic E-state index is 13.5. The van der Waals surface area contributed by atoms with E-state index in [-0.39, 0.29) is 23.8 Å². The third-order valence-electron chi connectivity index (χ3n) is 6.85. The minimum atomic E-state index is -0.666. The van der Waals surface area contributed by atoms with E-state index in [9.17, 15) is 13.8 Å². The Morgan fingerprint density at radius 2 is 2.19 bits per heavy atom. The molecule has 0 spiro atoms. The highest BCUT2D eigenvalue weighted by molar-refractivity contribution is 7.92. The van der Waals surface area contributed by atoms with Crippen LogP contribution < -0.4 is 5.32 Å². The summed E-state index contributed by atoms with van der Waals surface area (Å²) in [5, 5.41) is 15.0. The fraction of sp³-hybridized carbons (Fsp3) is 0.500. The van der Waals surface area contributed by atoms with Crippen molar-refractivity contribution < 1.29 is 13.8 Å². The van der Waals surface area contributed by atoms with Crippen LogP contribution in [0.25, 0.3) is 21.3 Å². The first kappa shape index (κ1) is 23.3. The standard InChI is InChI=1S/C22H24FN3O2S2.C2H6/c1-2-14-9-21(4-5-22(28,10-14)12-21)25-20(27)17-7-15(19-11-24-13-29-19)8-18-16(17)3-6-26(18)30-23;1-2/h3,6-8,11,13-14,28H,2,4-5,9-10,12H2,1H3,(H,25,27);1-2H3. The van der Waals surface area contributed by atoms with E-state index >= 15 is 0 Å². The molecule has 5 rings (SSSR count). The number of halogens is 1. The Hall–Kier alpha value is -1.90. The number of nitrogens with one attached hydrogen (secondary N) is 1. The number of fused-ring (bicyclic) bond motifs is 3. The number of carbonyl (C=O) groups excluding carboxylic acids is 1. The van der Waals surface area contributed by atoms with Gasteiger partial charge >= 0.3 is 0 Å². The highest BCUT2D eigenvalue weighted by atomic mass is 32.2. The second-order valence-corrected chi connectivity index (χ2v) is 10.3. The second-order valence-electron chi connectivity index (χ2n) is 8.85. The highest BCUT2D eigenvalue weighted by Crippen LogP contribution is 2.51. The molecule has 2 bridgehead atoms. The SMILES string of the molecule is CC.CCC1CC2(O)CCC(NC(=O)c3cc(-c4cncs4)cc4c3ccn4SF)(C1)C2. The van der Waals surface area contributed by atoms with E-state index < -0.39 is 5.60 Å². The summed E-state index contributed by atoms with van der Waals surface area (Å²) in [4.78, 5) is 18.6. The molecular weight excluding hydrogens is 445 g/mol. The van der Waals surface area contributed by atoms with Gasteiger partial charge in [-0.2, -0.15) is 0 Å². The van der Waals surface area contributed by atoms with Gasteiger partial charge in [-0.25, -0.2) is 0 Å². The van der Waals surface area contributed by atoms with Gasteiger partial charge in [-0.05, 0) is 61.8 Å². The summed E-state index contributed by atoms with van der Waals surface area (Å²) in [5.41, 5.74) is 2.75. The molecule has 3 aromatic rings. The molecule has 2 fully saturated rings. The molecule has 1 aromatic carbocycles. The number of thiazole rings is 1. The summed E-state index contributed by atoms with van der Waals surface area (Å²) in [6.07, 6.45) is 8.26. The summed E-state index contributed by atoms with van der Waals surface area (Å²) in [6, 6.07) is 5.55. The molecule has 2 aromatic heterocycles. The van der Waals surface area contributed by atoms with Crippen molar-refractivity contribution in [2.24, 2.45) is 5.92 Å². The lowest BCUT2D eigenvalue weighted by Gasteiger charge is -2.41. The Kier molecular flexibility index (Phi) is 6.66. The van der Waals surface area contributed by atoms with Gasteiger partial charge in [-0.1, -0.05) is 27.2 Å². The molecule has 2 aliphatic rings. The number of carbonyl (C=O) groups is 1. The van der Waals surface area contributed by atoms with Crippen LogP contribution in [0.5, 0.6) is 0 Å². The van der Waals surface area contributed by atoms with Crippen molar-refractivity contribution in [3.8, 4) is 10.4 Å². The van der Waals surface area contributed by atoms with Crippen molar-refractivity contribution in [3.05, 3.63) is 41.7 Å². The van der Waals surface area contributed by atoms with Gasteiger partial charge in [0.2, 0.25) is 0 Å². The fourth-order valence-electron chi connectivity index (χ4n) is 5.51. The maximum atomic E-state index is 13.5. The van der Waals surface area contributed by atoms with Gasteiger partial charge in [0, 0.05) is 28.9 Å². The van der Waals surface area contributed by atoms with Crippen LogP contribution in [0.4, 0.5) is 3.89 Å². The van der Waals surface area contributed by atoms with E-state index in [0.29, 0.717) is 23.4 Å². The summed E-state index contributed by atoms with van der Waals surface area (Å²) >= 11 is 1.60. The van der Waals surface area contributed by atoms with Crippen LogP contribution in [0.3, 0.4) is 0 Å². The van der Waals surface area contributed by atoms with Crippen LogP contribution in [0, 0.1) is 5.92 Å². The molecule has 2 aliphatic carbocycles. The first-order valence-corrected chi connectivity index (χ1v) is 12.9. The summed E-state index contributed by atoms with van der Waals surface area (Å²) < 4.78 is 14.9. The molecule has 3 atom stereocenters. The molecule has 32 heavy (non-hydrogen) atoms. The summed E-state index contributed by atoms with van der Waals surface area (Å²) in [6.45, 7) is 6.15. The van der Waals surface area contributed by atoms with E-state index in [4.69, 9.17) is 0 Å². The fourth-order valence-corrected chi connectivity index (χ4v) is 6.45. The van der Waals surface area contributed by atoms with Crippen LogP contribution in [0.1, 0.15) is 69.7 Å². The molecule has 1 amide bonds. The van der Waals surface area contributed by atoms with Crippen molar-refractivity contribution in [3.63, 3.8) is 0 Å². The van der Waals surface area contributed by atoms with Gasteiger partial charge < -0.3 is 10.4 Å². The van der Waals surface area contributed by atoms with E-state index in [1.165, 1.54) is 15.3 Å². The van der Waals surface area contributed by atoms with Gasteiger partial charge in [0.05, 0.1) is 21.5 Å². The largest absolute Gasteiger partial charge is 0.390 e. The molecule has 172 valence electrons. The Balaban J connectivity index is 0.00000119. The first-order valence-electron chi connectivity index (χ1n) is 11.3. The van der Waals surface area contributed by atoms with E-state index in [0.717, 1.165) is 47.9 Å². The molecule has 0 radical (unpaired) electrons. The number of aromatic nitrogens is 2. The Morgan fingerprint density at radius 3 is 2.88 bits per heavy atom. The lowest BCUT2D eigenvalue weighted by Crippen LogP contribution is -2.52. The summed E-state index contributed by atoms with van der Waals surface area (Å²) in [5.74, 6) is 0.257. The van der Waals surface area contributed by atoms with Crippen molar-refractivity contribution in [2.45, 2.75) is 70.4 Å². The van der Waals surface area contributed by atoms with Gasteiger partial charge in [0.15, 0.2) is 12.3 Å². The lowest BCUT2D eigenvalue weighted by atomic mass is 9.73. The summed E-state index contributed by atoms with van der Waals surface area (Å²) in [7, 11) is 0. The normalized spacial score (nSPS) is 26.6. The minimum Gasteiger partial charge on any atom is -0.390 e. The Labute approximate surface area is 196 Å². The van der Waals surface area contributed by atoms with Crippen LogP contribution in [-0.2, 0) is 0 Å². The van der Waals surface area contributed by atoms with E-state index in [1.807, 2.05) is 26.0 Å². The van der Waals surface area contributed by atoms with E-state index in [2.05, 4.69) is 17.2 Å². The smallest absolute Gasteiger partial charge is 0.252 e. The average molecular weight is 476 g/mol. The van der Waals surface area contributed by atoms with Gasteiger partial charge in [-0.3, -0.25) is 13.8 Å². The quantitative estimate of drug-likeness (QED) is 0.450. The number of benzene rings is 1. The van der Waals surface area contributed by atoms with Crippen LogP contribution >= 0.6 is 23.7 Å². The minimum absolute atomic E-state index is 0.120. The van der Waals surface area contributed by atoms with E-state index in [1.54, 1.807) is 24.0 Å². The van der Waals surface area contributed by atoms with Crippen LogP contribution in [0.2, 0.25) is 0 Å².